The molecule has 1 aliphatic heterocycles. The number of fused-ring (bicyclic) bond motifs is 1. The van der Waals surface area contributed by atoms with Crippen LogP contribution in [0.2, 0.25) is 30.8 Å². The van der Waals surface area contributed by atoms with Crippen molar-refractivity contribution in [1.29, 1.82) is 0 Å². The summed E-state index contributed by atoms with van der Waals surface area (Å²) in [6.45, 7) is 15.0. The highest BCUT2D eigenvalue weighted by Gasteiger charge is 2.38. The van der Waals surface area contributed by atoms with E-state index in [1.165, 1.54) is 0 Å². The molecule has 0 aromatic carbocycles. The number of rotatable bonds is 6. The maximum Gasteiger partial charge on any atom is 0.410 e. The first kappa shape index (κ1) is 23.7. The van der Waals surface area contributed by atoms with Crippen LogP contribution in [0.25, 0.3) is 11.0 Å². The zero-order valence-electron chi connectivity index (χ0n) is 18.5. The second kappa shape index (κ2) is 8.91. The molecule has 0 atom stereocenters. The van der Waals surface area contributed by atoms with E-state index in [4.69, 9.17) is 21.1 Å². The number of hydrogen-bond acceptors (Lipinski definition) is 5. The van der Waals surface area contributed by atoms with Crippen molar-refractivity contribution in [3.63, 3.8) is 0 Å². The van der Waals surface area contributed by atoms with Crippen molar-refractivity contribution in [2.75, 3.05) is 19.7 Å². The molecule has 0 spiro atoms. The first-order valence-electron chi connectivity index (χ1n) is 10.1. The van der Waals surface area contributed by atoms with Crippen LogP contribution in [0.3, 0.4) is 0 Å². The molecule has 1 aliphatic rings. The number of carbonyl (C=O) groups is 1. The molecule has 10 heteroatoms. The Balaban J connectivity index is 1.80. The summed E-state index contributed by atoms with van der Waals surface area (Å²) in [5.74, 6) is 0.193. The predicted octanol–water partition coefficient (Wildman–Crippen LogP) is 5.34. The van der Waals surface area contributed by atoms with Gasteiger partial charge in [0.15, 0.2) is 10.8 Å². The molecule has 1 fully saturated rings. The van der Waals surface area contributed by atoms with Gasteiger partial charge in [-0.05, 0) is 55.5 Å². The Kier molecular flexibility index (Phi) is 7.05. The number of carbonyl (C=O) groups excluding carboxylic acids is 1. The average Bonchev–Trinajstić information content (AvgIpc) is 2.80. The maximum atomic E-state index is 12.3. The summed E-state index contributed by atoms with van der Waals surface area (Å²) in [6, 6.07) is 2.95. The van der Waals surface area contributed by atoms with Crippen LogP contribution in [-0.2, 0) is 16.2 Å². The summed E-state index contributed by atoms with van der Waals surface area (Å²) in [7, 11) is -1.16. The molecule has 2 aromatic heterocycles. The summed E-state index contributed by atoms with van der Waals surface area (Å²) in [5.41, 5.74) is 1.39. The van der Waals surface area contributed by atoms with E-state index in [1.54, 1.807) is 4.90 Å². The lowest BCUT2D eigenvalue weighted by Crippen LogP contribution is -2.51. The van der Waals surface area contributed by atoms with Gasteiger partial charge in [-0.2, -0.15) is 0 Å². The SMILES string of the molecule is CC(C)(C)OC(=O)N1CC(c2c(I)c3cc(Cl)nnc3n2COCC[Si](C)(C)C)C1. The molecule has 3 rings (SSSR count). The molecule has 0 saturated carbocycles. The third-order valence-corrected chi connectivity index (χ3v) is 7.91. The van der Waals surface area contributed by atoms with E-state index in [-0.39, 0.29) is 12.0 Å². The van der Waals surface area contributed by atoms with Crippen molar-refractivity contribution in [2.45, 2.75) is 64.7 Å². The number of amides is 1. The van der Waals surface area contributed by atoms with Crippen molar-refractivity contribution in [2.24, 2.45) is 0 Å². The van der Waals surface area contributed by atoms with Gasteiger partial charge >= 0.3 is 6.09 Å². The minimum Gasteiger partial charge on any atom is -0.444 e. The zero-order chi connectivity index (χ0) is 22.3. The number of likely N-dealkylation sites (tertiary alicyclic amines) is 1. The molecule has 0 bridgehead atoms. The van der Waals surface area contributed by atoms with Gasteiger partial charge in [-0.25, -0.2) is 4.79 Å². The second-order valence-electron chi connectivity index (χ2n) is 9.96. The molecular weight excluding hydrogens is 535 g/mol. The third kappa shape index (κ3) is 5.66. The van der Waals surface area contributed by atoms with Gasteiger partial charge in [0.25, 0.3) is 0 Å². The Morgan fingerprint density at radius 1 is 1.30 bits per heavy atom. The van der Waals surface area contributed by atoms with E-state index in [1.807, 2.05) is 26.8 Å². The maximum absolute atomic E-state index is 12.3. The van der Waals surface area contributed by atoms with Gasteiger partial charge in [0.1, 0.15) is 12.3 Å². The predicted molar refractivity (Wildman–Crippen MR) is 130 cm³/mol. The Morgan fingerprint density at radius 2 is 1.97 bits per heavy atom. The van der Waals surface area contributed by atoms with E-state index in [0.29, 0.717) is 25.0 Å². The normalized spacial score (nSPS) is 15.5. The fourth-order valence-electron chi connectivity index (χ4n) is 3.28. The monoisotopic (exact) mass is 564 g/mol. The van der Waals surface area contributed by atoms with Gasteiger partial charge in [0.05, 0.1) is 0 Å². The zero-order valence-corrected chi connectivity index (χ0v) is 22.4. The summed E-state index contributed by atoms with van der Waals surface area (Å²) in [6.07, 6.45) is -0.273. The molecule has 0 aliphatic carbocycles. The molecular formula is C20H30ClIN4O3Si. The second-order valence-corrected chi connectivity index (χ2v) is 17.0. The fraction of sp³-hybridized carbons (Fsp3) is 0.650. The summed E-state index contributed by atoms with van der Waals surface area (Å²) in [5, 5.41) is 9.70. The third-order valence-electron chi connectivity index (χ3n) is 4.89. The summed E-state index contributed by atoms with van der Waals surface area (Å²) in [4.78, 5) is 14.1. The number of aromatic nitrogens is 3. The average molecular weight is 565 g/mol. The van der Waals surface area contributed by atoms with Crippen LogP contribution in [0.4, 0.5) is 4.79 Å². The topological polar surface area (TPSA) is 69.5 Å². The van der Waals surface area contributed by atoms with E-state index in [2.05, 4.69) is 57.0 Å². The van der Waals surface area contributed by atoms with Gasteiger partial charge in [0, 0.05) is 48.3 Å². The van der Waals surface area contributed by atoms with Crippen LogP contribution >= 0.6 is 34.2 Å². The molecule has 7 nitrogen and oxygen atoms in total. The molecule has 3 heterocycles. The molecule has 1 saturated heterocycles. The van der Waals surface area contributed by atoms with E-state index >= 15 is 0 Å². The first-order valence-corrected chi connectivity index (χ1v) is 15.3. The molecule has 0 radical (unpaired) electrons. The van der Waals surface area contributed by atoms with Crippen LogP contribution in [0.1, 0.15) is 32.4 Å². The lowest BCUT2D eigenvalue weighted by Gasteiger charge is -2.40. The van der Waals surface area contributed by atoms with Crippen molar-refractivity contribution < 1.29 is 14.3 Å². The molecule has 1 amide bonds. The Bertz CT molecular complexity index is 933. The number of ether oxygens (including phenoxy) is 2. The molecule has 166 valence electrons. The van der Waals surface area contributed by atoms with Gasteiger partial charge in [0.2, 0.25) is 0 Å². The highest BCUT2D eigenvalue weighted by atomic mass is 127. The van der Waals surface area contributed by atoms with Crippen molar-refractivity contribution in [3.8, 4) is 0 Å². The van der Waals surface area contributed by atoms with Crippen molar-refractivity contribution in [3.05, 3.63) is 20.5 Å². The lowest BCUT2D eigenvalue weighted by atomic mass is 9.96. The van der Waals surface area contributed by atoms with Gasteiger partial charge in [-0.1, -0.05) is 31.2 Å². The lowest BCUT2D eigenvalue weighted by molar-refractivity contribution is 0.00677. The van der Waals surface area contributed by atoms with Gasteiger partial charge < -0.3 is 18.9 Å². The van der Waals surface area contributed by atoms with Gasteiger partial charge in [-0.3, -0.25) is 0 Å². The molecule has 2 aromatic rings. The van der Waals surface area contributed by atoms with Crippen molar-refractivity contribution in [1.82, 2.24) is 19.7 Å². The highest BCUT2D eigenvalue weighted by Crippen LogP contribution is 2.37. The minimum atomic E-state index is -1.16. The largest absolute Gasteiger partial charge is 0.444 e. The Hall–Kier alpha value is -0.913. The van der Waals surface area contributed by atoms with Crippen LogP contribution in [-0.4, -0.2) is 59.1 Å². The Labute approximate surface area is 197 Å². The molecule has 30 heavy (non-hydrogen) atoms. The van der Waals surface area contributed by atoms with E-state index in [9.17, 15) is 4.79 Å². The number of nitrogens with zero attached hydrogens (tertiary/aromatic N) is 4. The standard InChI is InChI=1S/C20H30ClIN4O3Si/c1-20(2,3)29-19(27)25-10-13(11-25)17-16(22)14-9-15(21)23-24-18(14)26(17)12-28-7-8-30(4,5)6/h9,13H,7-8,10-12H2,1-6H3. The quantitative estimate of drug-likeness (QED) is 0.269. The van der Waals surface area contributed by atoms with Crippen LogP contribution in [0.5, 0.6) is 0 Å². The minimum absolute atomic E-state index is 0.193. The van der Waals surface area contributed by atoms with Crippen LogP contribution < -0.4 is 0 Å². The molecule has 0 N–H and O–H groups in total. The van der Waals surface area contributed by atoms with Crippen LogP contribution in [0.15, 0.2) is 6.07 Å². The summed E-state index contributed by atoms with van der Waals surface area (Å²) < 4.78 is 14.7. The fourth-order valence-corrected chi connectivity index (χ4v) is 5.32. The van der Waals surface area contributed by atoms with Gasteiger partial charge in [-0.15, -0.1) is 10.2 Å². The highest BCUT2D eigenvalue weighted by molar-refractivity contribution is 14.1. The number of hydrogen-bond donors (Lipinski definition) is 0. The van der Waals surface area contributed by atoms with Crippen LogP contribution in [0, 0.1) is 3.57 Å². The smallest absolute Gasteiger partial charge is 0.410 e. The Morgan fingerprint density at radius 3 is 2.57 bits per heavy atom. The number of halogens is 2. The van der Waals surface area contributed by atoms with E-state index < -0.39 is 13.7 Å². The first-order chi connectivity index (χ1) is 13.9. The molecule has 0 unspecified atom stereocenters. The van der Waals surface area contributed by atoms with E-state index in [0.717, 1.165) is 32.9 Å². The van der Waals surface area contributed by atoms with Crippen molar-refractivity contribution >= 4 is 59.4 Å². The summed E-state index contributed by atoms with van der Waals surface area (Å²) >= 11 is 8.44.